The molecule has 2 N–H and O–H groups in total. The summed E-state index contributed by atoms with van der Waals surface area (Å²) in [5.41, 5.74) is 7.00. The van der Waals surface area contributed by atoms with E-state index in [2.05, 4.69) is 18.9 Å². The number of nitrogens with zero attached hydrogens (tertiary/aromatic N) is 1. The van der Waals surface area contributed by atoms with Crippen molar-refractivity contribution in [1.29, 1.82) is 0 Å². The fourth-order valence-corrected chi connectivity index (χ4v) is 3.99. The maximum absolute atomic E-state index is 6.35. The highest BCUT2D eigenvalue weighted by molar-refractivity contribution is 6.36. The van der Waals surface area contributed by atoms with E-state index in [0.717, 1.165) is 11.5 Å². The molecule has 4 heteroatoms. The van der Waals surface area contributed by atoms with Crippen molar-refractivity contribution in [1.82, 2.24) is 4.90 Å². The topological polar surface area (TPSA) is 29.3 Å². The van der Waals surface area contributed by atoms with E-state index >= 15 is 0 Å². The summed E-state index contributed by atoms with van der Waals surface area (Å²) in [6.45, 7) is 2.87. The lowest BCUT2D eigenvalue weighted by Crippen LogP contribution is -2.41. The van der Waals surface area contributed by atoms with Crippen molar-refractivity contribution in [3.05, 3.63) is 33.8 Å². The maximum Gasteiger partial charge on any atom is 0.0499 e. The zero-order valence-electron chi connectivity index (χ0n) is 12.3. The summed E-state index contributed by atoms with van der Waals surface area (Å²) in [6, 6.07) is 6.32. The maximum atomic E-state index is 6.35. The first-order chi connectivity index (χ1) is 9.54. The Labute approximate surface area is 132 Å². The normalized spacial score (nSPS) is 24.9. The Morgan fingerprint density at radius 1 is 1.30 bits per heavy atom. The van der Waals surface area contributed by atoms with Gasteiger partial charge in [-0.15, -0.1) is 0 Å². The van der Waals surface area contributed by atoms with Crippen LogP contribution in [-0.4, -0.2) is 24.5 Å². The van der Waals surface area contributed by atoms with Gasteiger partial charge in [-0.25, -0.2) is 0 Å². The predicted octanol–water partition coefficient (Wildman–Crippen LogP) is 4.50. The summed E-state index contributed by atoms with van der Waals surface area (Å²) in [5, 5.41) is 1.42. The lowest BCUT2D eigenvalue weighted by Gasteiger charge is -2.39. The second-order valence-corrected chi connectivity index (χ2v) is 6.79. The van der Waals surface area contributed by atoms with Gasteiger partial charge in [-0.3, -0.25) is 4.90 Å². The monoisotopic (exact) mass is 314 g/mol. The summed E-state index contributed by atoms with van der Waals surface area (Å²) in [4.78, 5) is 2.38. The highest BCUT2D eigenvalue weighted by Crippen LogP contribution is 2.36. The van der Waals surface area contributed by atoms with E-state index in [0.29, 0.717) is 22.6 Å². The standard InChI is InChI=1S/C16H24Cl2N2/c1-11-5-3-6-12(9-11)20(2)15(10-19)16-13(17)7-4-8-14(16)18/h4,7-8,11-12,15H,3,5-6,9-10,19H2,1-2H3. The molecule has 1 saturated carbocycles. The first kappa shape index (κ1) is 16.1. The molecule has 1 aromatic rings. The quantitative estimate of drug-likeness (QED) is 0.886. The van der Waals surface area contributed by atoms with E-state index in [1.54, 1.807) is 0 Å². The fourth-order valence-electron chi connectivity index (χ4n) is 3.34. The number of benzene rings is 1. The highest BCUT2D eigenvalue weighted by atomic mass is 35.5. The zero-order chi connectivity index (χ0) is 14.7. The smallest absolute Gasteiger partial charge is 0.0499 e. The average Bonchev–Trinajstić information content (AvgIpc) is 2.42. The molecule has 1 aromatic carbocycles. The molecule has 3 atom stereocenters. The van der Waals surface area contributed by atoms with Crippen molar-refractivity contribution in [2.24, 2.45) is 11.7 Å². The van der Waals surface area contributed by atoms with Crippen molar-refractivity contribution in [2.75, 3.05) is 13.6 Å². The van der Waals surface area contributed by atoms with Crippen LogP contribution >= 0.6 is 23.2 Å². The molecule has 3 unspecified atom stereocenters. The van der Waals surface area contributed by atoms with Crippen LogP contribution in [0.2, 0.25) is 10.0 Å². The van der Waals surface area contributed by atoms with Gasteiger partial charge in [-0.2, -0.15) is 0 Å². The molecular weight excluding hydrogens is 291 g/mol. The molecule has 0 heterocycles. The Balaban J connectivity index is 2.23. The summed E-state index contributed by atoms with van der Waals surface area (Å²) >= 11 is 12.7. The molecule has 0 amide bonds. The van der Waals surface area contributed by atoms with Gasteiger partial charge >= 0.3 is 0 Å². The summed E-state index contributed by atoms with van der Waals surface area (Å²) in [5.74, 6) is 0.788. The van der Waals surface area contributed by atoms with Gasteiger partial charge in [-0.1, -0.05) is 49.0 Å². The van der Waals surface area contributed by atoms with E-state index in [-0.39, 0.29) is 6.04 Å². The second kappa shape index (κ2) is 7.13. The van der Waals surface area contributed by atoms with Crippen LogP contribution in [0.15, 0.2) is 18.2 Å². The van der Waals surface area contributed by atoms with Crippen molar-refractivity contribution >= 4 is 23.2 Å². The van der Waals surface area contributed by atoms with Crippen molar-refractivity contribution in [3.8, 4) is 0 Å². The first-order valence-electron chi connectivity index (χ1n) is 7.40. The number of halogens is 2. The van der Waals surface area contributed by atoms with Gasteiger partial charge in [-0.05, 0) is 37.9 Å². The van der Waals surface area contributed by atoms with Gasteiger partial charge in [0.15, 0.2) is 0 Å². The first-order valence-corrected chi connectivity index (χ1v) is 8.16. The van der Waals surface area contributed by atoms with Crippen LogP contribution in [0.25, 0.3) is 0 Å². The SMILES string of the molecule is CC1CCCC(N(C)C(CN)c2c(Cl)cccc2Cl)C1. The van der Waals surface area contributed by atoms with Gasteiger partial charge < -0.3 is 5.73 Å². The Morgan fingerprint density at radius 3 is 2.50 bits per heavy atom. The number of nitrogens with two attached hydrogens (primary N) is 1. The van der Waals surface area contributed by atoms with Crippen LogP contribution < -0.4 is 5.73 Å². The summed E-state index contributed by atoms with van der Waals surface area (Å²) in [6.07, 6.45) is 5.10. The summed E-state index contributed by atoms with van der Waals surface area (Å²) < 4.78 is 0. The fraction of sp³-hybridized carbons (Fsp3) is 0.625. The Kier molecular flexibility index (Phi) is 5.74. The van der Waals surface area contributed by atoms with E-state index in [9.17, 15) is 0 Å². The molecule has 1 aliphatic carbocycles. The third kappa shape index (κ3) is 3.48. The highest BCUT2D eigenvalue weighted by Gasteiger charge is 2.29. The minimum Gasteiger partial charge on any atom is -0.329 e. The number of hydrogen-bond donors (Lipinski definition) is 1. The lowest BCUT2D eigenvalue weighted by molar-refractivity contribution is 0.121. The van der Waals surface area contributed by atoms with E-state index in [4.69, 9.17) is 28.9 Å². The van der Waals surface area contributed by atoms with Gasteiger partial charge in [0.1, 0.15) is 0 Å². The third-order valence-corrected chi connectivity index (χ3v) is 5.19. The molecule has 0 bridgehead atoms. The predicted molar refractivity (Wildman–Crippen MR) is 87.4 cm³/mol. The molecule has 1 fully saturated rings. The van der Waals surface area contributed by atoms with Crippen molar-refractivity contribution in [3.63, 3.8) is 0 Å². The molecule has 0 spiro atoms. The largest absolute Gasteiger partial charge is 0.329 e. The zero-order valence-corrected chi connectivity index (χ0v) is 13.8. The van der Waals surface area contributed by atoms with E-state index < -0.39 is 0 Å². The van der Waals surface area contributed by atoms with Crippen LogP contribution in [-0.2, 0) is 0 Å². The minimum atomic E-state index is 0.0894. The molecule has 0 aliphatic heterocycles. The van der Waals surface area contributed by atoms with Crippen LogP contribution in [0.3, 0.4) is 0 Å². The van der Waals surface area contributed by atoms with Crippen LogP contribution in [0.4, 0.5) is 0 Å². The summed E-state index contributed by atoms with van der Waals surface area (Å²) in [7, 11) is 2.15. The molecule has 112 valence electrons. The average molecular weight is 315 g/mol. The van der Waals surface area contributed by atoms with Gasteiger partial charge in [0.25, 0.3) is 0 Å². The van der Waals surface area contributed by atoms with Gasteiger partial charge in [0, 0.05) is 34.2 Å². The van der Waals surface area contributed by atoms with Crippen LogP contribution in [0, 0.1) is 5.92 Å². The molecule has 1 aliphatic rings. The molecule has 0 radical (unpaired) electrons. The van der Waals surface area contributed by atoms with Crippen molar-refractivity contribution in [2.45, 2.75) is 44.7 Å². The van der Waals surface area contributed by atoms with Gasteiger partial charge in [0.2, 0.25) is 0 Å². The minimum absolute atomic E-state index is 0.0894. The second-order valence-electron chi connectivity index (χ2n) is 5.98. The Bertz CT molecular complexity index is 430. The van der Waals surface area contributed by atoms with E-state index in [1.165, 1.54) is 25.7 Å². The number of likely N-dealkylation sites (N-methyl/N-ethyl adjacent to an activating group) is 1. The lowest BCUT2D eigenvalue weighted by atomic mass is 9.85. The molecular formula is C16H24Cl2N2. The number of hydrogen-bond acceptors (Lipinski definition) is 2. The number of rotatable bonds is 4. The molecule has 0 aromatic heterocycles. The Hall–Kier alpha value is -0.280. The van der Waals surface area contributed by atoms with Crippen LogP contribution in [0.5, 0.6) is 0 Å². The van der Waals surface area contributed by atoms with Crippen LogP contribution in [0.1, 0.15) is 44.2 Å². The van der Waals surface area contributed by atoms with E-state index in [1.807, 2.05) is 18.2 Å². The Morgan fingerprint density at radius 2 is 1.95 bits per heavy atom. The third-order valence-electron chi connectivity index (χ3n) is 4.53. The molecule has 0 saturated heterocycles. The molecule has 20 heavy (non-hydrogen) atoms. The molecule has 2 nitrogen and oxygen atoms in total. The van der Waals surface area contributed by atoms with Gasteiger partial charge in [0.05, 0.1) is 0 Å². The van der Waals surface area contributed by atoms with Crippen molar-refractivity contribution < 1.29 is 0 Å². The molecule has 2 rings (SSSR count).